The Hall–Kier alpha value is -1.15. The van der Waals surface area contributed by atoms with Crippen LogP contribution in [-0.4, -0.2) is 28.1 Å². The van der Waals surface area contributed by atoms with Gasteiger partial charge >= 0.3 is 5.97 Å². The molecule has 2 aliphatic carbocycles. The summed E-state index contributed by atoms with van der Waals surface area (Å²) < 4.78 is 0. The van der Waals surface area contributed by atoms with Crippen LogP contribution in [0.1, 0.15) is 32.6 Å². The number of carbonyl (C=O) groups is 2. The van der Waals surface area contributed by atoms with Gasteiger partial charge in [-0.3, -0.25) is 9.59 Å². The van der Waals surface area contributed by atoms with E-state index in [9.17, 15) is 9.59 Å². The SMILES string of the molecule is C[C@@H](NC(=O)SCC1[C@H]2CCC#CCC[C@@H]12)C(=O)O. The average Bonchev–Trinajstić information content (AvgIpc) is 2.96. The summed E-state index contributed by atoms with van der Waals surface area (Å²) >= 11 is 1.22. The zero-order valence-corrected chi connectivity index (χ0v) is 11.8. The first-order chi connectivity index (χ1) is 9.09. The van der Waals surface area contributed by atoms with Crippen molar-refractivity contribution in [2.75, 3.05) is 5.75 Å². The van der Waals surface area contributed by atoms with Crippen molar-refractivity contribution < 1.29 is 14.7 Å². The lowest BCUT2D eigenvalue weighted by Crippen LogP contribution is -2.36. The Balaban J connectivity index is 1.69. The van der Waals surface area contributed by atoms with Crippen molar-refractivity contribution in [2.24, 2.45) is 17.8 Å². The van der Waals surface area contributed by atoms with E-state index in [4.69, 9.17) is 5.11 Å². The maximum atomic E-state index is 11.6. The van der Waals surface area contributed by atoms with Gasteiger partial charge in [0.2, 0.25) is 0 Å². The fraction of sp³-hybridized carbons (Fsp3) is 0.714. The summed E-state index contributed by atoms with van der Waals surface area (Å²) in [6, 6.07) is -0.818. The van der Waals surface area contributed by atoms with Crippen molar-refractivity contribution in [3.05, 3.63) is 0 Å². The van der Waals surface area contributed by atoms with Crippen molar-refractivity contribution in [3.63, 3.8) is 0 Å². The minimum Gasteiger partial charge on any atom is -0.480 e. The minimum absolute atomic E-state index is 0.231. The molecule has 0 aromatic heterocycles. The number of hydrogen-bond donors (Lipinski definition) is 2. The third-order valence-electron chi connectivity index (χ3n) is 3.95. The van der Waals surface area contributed by atoms with Crippen LogP contribution in [0.4, 0.5) is 4.79 Å². The summed E-state index contributed by atoms with van der Waals surface area (Å²) in [7, 11) is 0. The summed E-state index contributed by atoms with van der Waals surface area (Å²) in [6.07, 6.45) is 4.25. The molecule has 1 unspecified atom stereocenters. The van der Waals surface area contributed by atoms with Gasteiger partial charge in [-0.1, -0.05) is 11.8 Å². The monoisotopic (exact) mass is 281 g/mol. The Morgan fingerprint density at radius 3 is 2.42 bits per heavy atom. The fourth-order valence-corrected chi connectivity index (χ4v) is 3.83. The molecule has 0 aliphatic heterocycles. The molecule has 0 radical (unpaired) electrons. The molecular formula is C14H19NO3S. The first-order valence-corrected chi connectivity index (χ1v) is 7.70. The Labute approximate surface area is 117 Å². The lowest BCUT2D eigenvalue weighted by atomic mass is 10.1. The maximum Gasteiger partial charge on any atom is 0.325 e. The summed E-state index contributed by atoms with van der Waals surface area (Å²) in [5.74, 6) is 8.20. The molecule has 0 spiro atoms. The van der Waals surface area contributed by atoms with Gasteiger partial charge in [-0.2, -0.15) is 0 Å². The van der Waals surface area contributed by atoms with Gasteiger partial charge in [-0.05, 0) is 37.5 Å². The standard InChI is InChI=1S/C14H19NO3S/c1-9(13(16)17)15-14(18)19-8-12-10-6-4-2-3-5-7-11(10)12/h9-12H,4-8H2,1H3,(H,15,18)(H,16,17)/t9-,10-,11+,12?/m1/s1. The second-order valence-electron chi connectivity index (χ2n) is 5.23. The second kappa shape index (κ2) is 6.33. The molecule has 2 aliphatic rings. The molecule has 1 fully saturated rings. The molecule has 1 amide bonds. The van der Waals surface area contributed by atoms with Crippen molar-refractivity contribution in [1.29, 1.82) is 0 Å². The van der Waals surface area contributed by atoms with E-state index in [-0.39, 0.29) is 5.24 Å². The van der Waals surface area contributed by atoms with E-state index < -0.39 is 12.0 Å². The smallest absolute Gasteiger partial charge is 0.325 e. The summed E-state index contributed by atoms with van der Waals surface area (Å²) in [4.78, 5) is 22.2. The third kappa shape index (κ3) is 3.90. The summed E-state index contributed by atoms with van der Waals surface area (Å²) in [6.45, 7) is 1.48. The van der Waals surface area contributed by atoms with Crippen LogP contribution >= 0.6 is 11.8 Å². The first-order valence-electron chi connectivity index (χ1n) is 6.71. The Morgan fingerprint density at radius 2 is 1.89 bits per heavy atom. The van der Waals surface area contributed by atoms with Crippen molar-refractivity contribution in [2.45, 2.75) is 38.6 Å². The van der Waals surface area contributed by atoms with E-state index in [1.807, 2.05) is 0 Å². The largest absolute Gasteiger partial charge is 0.480 e. The summed E-state index contributed by atoms with van der Waals surface area (Å²) in [5, 5.41) is 11.0. The molecule has 4 nitrogen and oxygen atoms in total. The van der Waals surface area contributed by atoms with Gasteiger partial charge in [0.05, 0.1) is 0 Å². The first kappa shape index (κ1) is 14.3. The molecule has 0 heterocycles. The number of thioether (sulfide) groups is 1. The number of carbonyl (C=O) groups excluding carboxylic acids is 1. The van der Waals surface area contributed by atoms with Gasteiger partial charge in [0, 0.05) is 18.6 Å². The van der Waals surface area contributed by atoms with Gasteiger partial charge in [0.25, 0.3) is 5.24 Å². The number of carboxylic acids is 1. The molecule has 0 bridgehead atoms. The van der Waals surface area contributed by atoms with Crippen LogP contribution in [0.15, 0.2) is 0 Å². The van der Waals surface area contributed by atoms with Crippen LogP contribution in [0.25, 0.3) is 0 Å². The lowest BCUT2D eigenvalue weighted by molar-refractivity contribution is -0.138. The van der Waals surface area contributed by atoms with Crippen LogP contribution < -0.4 is 5.32 Å². The zero-order valence-electron chi connectivity index (χ0n) is 11.0. The van der Waals surface area contributed by atoms with Crippen molar-refractivity contribution in [1.82, 2.24) is 5.32 Å². The van der Waals surface area contributed by atoms with Crippen LogP contribution in [0, 0.1) is 29.6 Å². The topological polar surface area (TPSA) is 66.4 Å². The lowest BCUT2D eigenvalue weighted by Gasteiger charge is -2.08. The fourth-order valence-electron chi connectivity index (χ4n) is 2.73. The highest BCUT2D eigenvalue weighted by Gasteiger charge is 2.48. The zero-order chi connectivity index (χ0) is 13.8. The normalized spacial score (nSPS) is 29.8. The maximum absolute atomic E-state index is 11.6. The van der Waals surface area contributed by atoms with E-state index in [2.05, 4.69) is 17.2 Å². The molecule has 4 atom stereocenters. The molecule has 5 heteroatoms. The molecule has 0 aromatic carbocycles. The van der Waals surface area contributed by atoms with Gasteiger partial charge in [0.1, 0.15) is 6.04 Å². The quantitative estimate of drug-likeness (QED) is 0.776. The van der Waals surface area contributed by atoms with E-state index >= 15 is 0 Å². The number of rotatable bonds is 4. The highest BCUT2D eigenvalue weighted by molar-refractivity contribution is 8.13. The number of nitrogens with one attached hydrogen (secondary N) is 1. The number of amides is 1. The minimum atomic E-state index is -1.00. The van der Waals surface area contributed by atoms with Gasteiger partial charge < -0.3 is 10.4 Å². The van der Waals surface area contributed by atoms with Crippen LogP contribution in [0.3, 0.4) is 0 Å². The Bertz CT molecular complexity index is 408. The highest BCUT2D eigenvalue weighted by atomic mass is 32.2. The van der Waals surface area contributed by atoms with Gasteiger partial charge in [0.15, 0.2) is 0 Å². The molecule has 104 valence electrons. The molecule has 1 saturated carbocycles. The molecular weight excluding hydrogens is 262 g/mol. The van der Waals surface area contributed by atoms with Crippen LogP contribution in [0.2, 0.25) is 0 Å². The van der Waals surface area contributed by atoms with Gasteiger partial charge in [-0.15, -0.1) is 11.8 Å². The number of fused-ring (bicyclic) bond motifs is 1. The van der Waals surface area contributed by atoms with Crippen LogP contribution in [-0.2, 0) is 4.79 Å². The van der Waals surface area contributed by atoms with E-state index in [1.54, 1.807) is 0 Å². The third-order valence-corrected chi connectivity index (χ3v) is 4.88. The average molecular weight is 281 g/mol. The highest BCUT2D eigenvalue weighted by Crippen LogP contribution is 2.53. The van der Waals surface area contributed by atoms with Crippen molar-refractivity contribution >= 4 is 23.0 Å². The summed E-state index contributed by atoms with van der Waals surface area (Å²) in [5.41, 5.74) is 0. The predicted octanol–water partition coefficient (Wildman–Crippen LogP) is 2.34. The Kier molecular flexibility index (Phi) is 4.76. The van der Waals surface area contributed by atoms with E-state index in [1.165, 1.54) is 18.7 Å². The predicted molar refractivity (Wildman–Crippen MR) is 74.8 cm³/mol. The van der Waals surface area contributed by atoms with Gasteiger partial charge in [-0.25, -0.2) is 0 Å². The Morgan fingerprint density at radius 1 is 1.32 bits per heavy atom. The second-order valence-corrected chi connectivity index (χ2v) is 6.22. The van der Waals surface area contributed by atoms with Crippen LogP contribution in [0.5, 0.6) is 0 Å². The number of aliphatic carboxylic acids is 1. The number of carboxylic acid groups (broad SMARTS) is 1. The molecule has 2 N–H and O–H groups in total. The van der Waals surface area contributed by atoms with E-state index in [0.29, 0.717) is 5.92 Å². The number of hydrogen-bond acceptors (Lipinski definition) is 3. The molecule has 0 aromatic rings. The van der Waals surface area contributed by atoms with Crippen molar-refractivity contribution in [3.8, 4) is 11.8 Å². The molecule has 0 saturated heterocycles. The van der Waals surface area contributed by atoms with E-state index in [0.717, 1.165) is 43.3 Å². The molecule has 2 rings (SSSR count). The molecule has 19 heavy (non-hydrogen) atoms.